The number of likely N-dealkylation sites (tertiary alicyclic amines) is 1. The number of aromatic amines is 4. The highest BCUT2D eigenvalue weighted by Crippen LogP contribution is 2.36. The molecule has 12 aromatic heterocycles. The third kappa shape index (κ3) is 25.8. The van der Waals surface area contributed by atoms with Gasteiger partial charge >= 0.3 is 6.03 Å². The maximum absolute atomic E-state index is 13.1. The van der Waals surface area contributed by atoms with Gasteiger partial charge in [-0.2, -0.15) is 20.4 Å². The van der Waals surface area contributed by atoms with Gasteiger partial charge in [0.25, 0.3) is 23.6 Å². The van der Waals surface area contributed by atoms with Gasteiger partial charge in [0.05, 0.1) is 93.4 Å². The van der Waals surface area contributed by atoms with Crippen LogP contribution in [-0.2, 0) is 17.9 Å². The average Bonchev–Trinajstić information content (AvgIpc) is 1.65. The molecular formula is C111H131N29O6. The van der Waals surface area contributed by atoms with Crippen LogP contribution in [0.3, 0.4) is 0 Å². The molecule has 10 N–H and O–H groups in total. The van der Waals surface area contributed by atoms with Crippen LogP contribution in [-0.4, -0.2) is 225 Å². The van der Waals surface area contributed by atoms with Gasteiger partial charge in [0.1, 0.15) is 23.3 Å². The second kappa shape index (κ2) is 48.7. The van der Waals surface area contributed by atoms with E-state index >= 15 is 0 Å². The summed E-state index contributed by atoms with van der Waals surface area (Å²) in [5, 5.41) is 49.3. The van der Waals surface area contributed by atoms with Gasteiger partial charge in [-0.1, -0.05) is 54.0 Å². The van der Waals surface area contributed by atoms with E-state index in [4.69, 9.17) is 0 Å². The van der Waals surface area contributed by atoms with Crippen molar-refractivity contribution in [2.45, 2.75) is 146 Å². The summed E-state index contributed by atoms with van der Waals surface area (Å²) in [7, 11) is 7.41. The van der Waals surface area contributed by atoms with Crippen LogP contribution >= 0.6 is 0 Å². The van der Waals surface area contributed by atoms with Crippen molar-refractivity contribution in [3.05, 3.63) is 254 Å². The lowest BCUT2D eigenvalue weighted by molar-refractivity contribution is -0.117. The number of hydrogen-bond donors (Lipinski definition) is 10. The number of amides is 7. The maximum atomic E-state index is 13.1. The number of nitrogens with one attached hydrogen (secondary N) is 10. The van der Waals surface area contributed by atoms with Crippen LogP contribution in [0.2, 0.25) is 0 Å². The maximum Gasteiger partial charge on any atom is 0.321 e. The number of nitrogens with zero attached hydrogens (tertiary/aromatic N) is 19. The molecule has 0 spiro atoms. The van der Waals surface area contributed by atoms with Crippen molar-refractivity contribution in [3.8, 4) is 44.5 Å². The number of rotatable bonds is 23. The van der Waals surface area contributed by atoms with Gasteiger partial charge in [0, 0.05) is 166 Å². The zero-order valence-electron chi connectivity index (χ0n) is 80.1. The number of carbonyl (C=O) groups is 6. The lowest BCUT2D eigenvalue weighted by atomic mass is 10.0. The summed E-state index contributed by atoms with van der Waals surface area (Å²) in [6.45, 7) is 12.3. The molecule has 1 aliphatic carbocycles. The smallest absolute Gasteiger partial charge is 0.321 e. The Kier molecular flexibility index (Phi) is 34.7. The predicted octanol–water partition coefficient (Wildman–Crippen LogP) is 20.7. The Labute approximate surface area is 850 Å². The summed E-state index contributed by atoms with van der Waals surface area (Å²) >= 11 is 0. The second-order valence-electron chi connectivity index (χ2n) is 37.4. The van der Waals surface area contributed by atoms with Crippen molar-refractivity contribution < 1.29 is 28.8 Å². The molecule has 0 unspecified atom stereocenters. The second-order valence-corrected chi connectivity index (χ2v) is 37.4. The molecule has 7 amide bonds. The van der Waals surface area contributed by atoms with Crippen LogP contribution in [0.25, 0.3) is 88.1 Å². The highest BCUT2D eigenvalue weighted by Gasteiger charge is 2.31. The highest BCUT2D eigenvalue weighted by molar-refractivity contribution is 6.15. The van der Waals surface area contributed by atoms with E-state index in [-0.39, 0.29) is 76.9 Å². The highest BCUT2D eigenvalue weighted by atomic mass is 16.2. The normalized spacial score (nSPS) is 14.5. The first kappa shape index (κ1) is 104. The summed E-state index contributed by atoms with van der Waals surface area (Å²) in [6.07, 6.45) is 40.1. The number of carbonyl (C=O) groups excluding carboxylic acids is 6. The third-order valence-electron chi connectivity index (χ3n) is 26.2. The number of hydrogen-bond acceptors (Lipinski definition) is 24. The van der Waals surface area contributed by atoms with Gasteiger partial charge in [0.15, 0.2) is 22.8 Å². The summed E-state index contributed by atoms with van der Waals surface area (Å²) in [6, 6.07) is 46.6. The van der Waals surface area contributed by atoms with Gasteiger partial charge in [-0.15, -0.1) is 0 Å². The molecule has 5 saturated heterocycles. The van der Waals surface area contributed by atoms with Crippen LogP contribution in [0.5, 0.6) is 0 Å². The molecule has 146 heavy (non-hydrogen) atoms. The fourth-order valence-corrected chi connectivity index (χ4v) is 18.5. The van der Waals surface area contributed by atoms with E-state index in [1.807, 2.05) is 172 Å². The number of fused-ring (bicyclic) bond motifs is 4. The molecule has 35 nitrogen and oxygen atoms in total. The first-order valence-electron chi connectivity index (χ1n) is 48.9. The Bertz CT molecular complexity index is 6940. The average molecular weight is 1970 g/mol. The van der Waals surface area contributed by atoms with E-state index in [9.17, 15) is 28.8 Å². The van der Waals surface area contributed by atoms with Gasteiger partial charge in [-0.25, -0.2) is 24.7 Å². The lowest BCUT2D eigenvalue weighted by Gasteiger charge is -2.27. The lowest BCUT2D eigenvalue weighted by Crippen LogP contribution is -2.30. The van der Waals surface area contributed by atoms with E-state index in [0.29, 0.717) is 62.0 Å². The van der Waals surface area contributed by atoms with Gasteiger partial charge in [0.2, 0.25) is 5.91 Å². The van der Waals surface area contributed by atoms with Crippen LogP contribution in [0.15, 0.2) is 220 Å². The number of benzene rings is 4. The van der Waals surface area contributed by atoms with E-state index < -0.39 is 0 Å². The Hall–Kier alpha value is -16.3. The molecule has 35 heteroatoms. The first-order chi connectivity index (χ1) is 69.4. The molecular weight excluding hydrogens is 1840 g/mol. The van der Waals surface area contributed by atoms with Crippen LogP contribution in [0.1, 0.15) is 186 Å². The molecule has 0 radical (unpaired) electrons. The van der Waals surface area contributed by atoms with Gasteiger partial charge in [-0.3, -0.25) is 69.2 Å². The largest absolute Gasteiger partial charge is 0.357 e. The predicted molar refractivity (Wildman–Crippen MR) is 583 cm³/mol. The van der Waals surface area contributed by atoms with Crippen molar-refractivity contribution in [2.24, 2.45) is 5.92 Å². The Morgan fingerprint density at radius 1 is 0.301 bits per heavy atom. The number of H-pyrrole nitrogens is 4. The number of anilines is 10. The van der Waals surface area contributed by atoms with Crippen molar-refractivity contribution in [2.75, 3.05) is 145 Å². The van der Waals surface area contributed by atoms with E-state index in [1.54, 1.807) is 63.7 Å². The summed E-state index contributed by atoms with van der Waals surface area (Å²) in [5.41, 5.74) is 18.0. The molecule has 4 aromatic carbocycles. The minimum absolute atomic E-state index is 0. The standard InChI is InChI=1S/C28H31N7O.C27H27N7O2.C26H28N8O2.C26H29N7O.4CH4/c36-28(31-23-7-9-26(30-18-23)35-12-2-1-3-13-35)27-24-15-21(6-8-25(24)32-33-27)22-14-20(16-29-17-22)19-34-10-4-5-11-34;35-26(17-4-5-17)31-21-12-19(14-28-15-21)18-6-8-23-22(13-18)25(33-32-23)27(36)30-20-7-9-24(29-16-20)34-10-2-1-3-11-34;1-33(2)26(36)30-20-12-18(14-27-15-20)17-6-8-22-21(13-17)24(32-31-22)25(35)29-19-7-9-23(28-16-19)34-10-4-3-5-11-34;1-32(2)17-18-12-20(15-27-14-18)19-6-8-23-22(13-19)25(31-30-23)26(34)29-21-7-9-24(28-16-21)33-10-4-3-5-11-33;;;;/h6-9,14-18H,1-5,10-13,19H2,(H,31,36)(H,32,33);6-9,12-17H,1-5,10-11H2,(H,30,36)(H,31,35)(H,32,33);6-9,12-16H,3-5,10-11H2,1-2H3,(H,29,35)(H,30,36)(H,31,32);6-9,12-16H,3-5,10-11,17H2,1-2H3,(H,29,34)(H,30,31);4*1H4. The molecule has 22 rings (SSSR count). The van der Waals surface area contributed by atoms with Crippen LogP contribution in [0.4, 0.5) is 62.2 Å². The van der Waals surface area contributed by atoms with Gasteiger partial charge < -0.3 is 61.3 Å². The van der Waals surface area contributed by atoms with Crippen molar-refractivity contribution >= 4 is 137 Å². The monoisotopic (exact) mass is 1970 g/mol. The fraction of sp³-hybridized carbons (Fsp3) is 0.333. The summed E-state index contributed by atoms with van der Waals surface area (Å²) < 4.78 is 0. The Morgan fingerprint density at radius 3 is 0.897 bits per heavy atom. The zero-order valence-corrected chi connectivity index (χ0v) is 80.1. The molecule has 6 aliphatic rings. The summed E-state index contributed by atoms with van der Waals surface area (Å²) in [4.78, 5) is 127. The molecule has 0 atom stereocenters. The third-order valence-corrected chi connectivity index (χ3v) is 26.2. The van der Waals surface area contributed by atoms with E-state index in [0.717, 1.165) is 198 Å². The van der Waals surface area contributed by atoms with Crippen molar-refractivity contribution in [3.63, 3.8) is 0 Å². The van der Waals surface area contributed by atoms with E-state index in [1.165, 1.54) is 100 Å². The number of urea groups is 1. The molecule has 6 fully saturated rings. The molecule has 1 saturated carbocycles. The van der Waals surface area contributed by atoms with Gasteiger partial charge in [-0.05, 0) is 285 Å². The van der Waals surface area contributed by atoms with E-state index in [2.05, 4.69) is 154 Å². The quantitative estimate of drug-likeness (QED) is 0.0284. The molecule has 756 valence electrons. The Balaban J connectivity index is 0.000000145. The Morgan fingerprint density at radius 2 is 0.596 bits per heavy atom. The van der Waals surface area contributed by atoms with Crippen LogP contribution in [0, 0.1) is 5.92 Å². The number of pyridine rings is 8. The zero-order chi connectivity index (χ0) is 97.4. The molecule has 17 heterocycles. The fourth-order valence-electron chi connectivity index (χ4n) is 18.5. The summed E-state index contributed by atoms with van der Waals surface area (Å²) in [5.74, 6) is 2.78. The minimum atomic E-state index is -0.323. The number of aromatic nitrogens is 16. The minimum Gasteiger partial charge on any atom is -0.357 e. The van der Waals surface area contributed by atoms with Crippen molar-refractivity contribution in [1.29, 1.82) is 0 Å². The molecule has 5 aliphatic heterocycles. The topological polar surface area (TPSA) is 415 Å². The van der Waals surface area contributed by atoms with Crippen molar-refractivity contribution in [1.82, 2.24) is 95.4 Å². The van der Waals surface area contributed by atoms with Crippen LogP contribution < -0.4 is 51.5 Å². The molecule has 16 aromatic rings. The molecule has 0 bridgehead atoms. The first-order valence-corrected chi connectivity index (χ1v) is 48.9. The number of piperidine rings is 4. The SMILES string of the molecule is C.C.C.C.CN(C)C(=O)Nc1cncc(-c2ccc3[nH]nc(C(=O)Nc4ccc(N5CCCCC5)nc4)c3c2)c1.CN(C)Cc1cncc(-c2ccc3[nH]nc(C(=O)Nc4ccc(N5CCCCC5)nc4)c3c2)c1.O=C(Nc1ccc(N2CCCCC2)nc1)c1n[nH]c2ccc(-c3cncc(CN4CCCC4)c3)cc12.O=C(Nc1ccc(N2CCCCC2)nc1)c1n[nH]c2ccc(-c3cncc(NC(=O)C4CC4)c3)cc12.